The number of aryl methyl sites for hydroxylation is 1. The first-order chi connectivity index (χ1) is 13.5. The molecule has 1 aromatic heterocycles. The van der Waals surface area contributed by atoms with E-state index in [4.69, 9.17) is 5.11 Å². The lowest BCUT2D eigenvalue weighted by Gasteiger charge is -2.23. The molecule has 4 nitrogen and oxygen atoms in total. The minimum Gasteiger partial charge on any atom is -0.384 e. The van der Waals surface area contributed by atoms with E-state index in [1.54, 1.807) is 0 Å². The van der Waals surface area contributed by atoms with Crippen molar-refractivity contribution in [1.82, 2.24) is 4.98 Å². The maximum absolute atomic E-state index is 12.2. The second kappa shape index (κ2) is 8.13. The molecule has 0 radical (unpaired) electrons. The molecule has 0 fully saturated rings. The molecule has 2 aromatic carbocycles. The summed E-state index contributed by atoms with van der Waals surface area (Å²) in [6.45, 7) is 3.67. The summed E-state index contributed by atoms with van der Waals surface area (Å²) in [5, 5.41) is 19.8. The van der Waals surface area contributed by atoms with E-state index in [1.807, 2.05) is 62.4 Å². The Morgan fingerprint density at radius 3 is 2.71 bits per heavy atom. The van der Waals surface area contributed by atoms with Gasteiger partial charge in [-0.25, -0.2) is 0 Å². The quantitative estimate of drug-likeness (QED) is 0.691. The van der Waals surface area contributed by atoms with Crippen LogP contribution in [0.4, 0.5) is 0 Å². The van der Waals surface area contributed by atoms with Crippen molar-refractivity contribution in [2.45, 2.75) is 32.1 Å². The zero-order chi connectivity index (χ0) is 20.1. The Bertz CT molecular complexity index is 1170. The molecule has 0 unspecified atom stereocenters. The first-order valence-electron chi connectivity index (χ1n) is 9.25. The van der Waals surface area contributed by atoms with Crippen LogP contribution in [0.1, 0.15) is 36.1 Å². The van der Waals surface area contributed by atoms with Gasteiger partial charge < -0.3 is 10.1 Å². The first kappa shape index (κ1) is 19.4. The Balaban J connectivity index is 2.00. The van der Waals surface area contributed by atoms with E-state index in [9.17, 15) is 10.1 Å². The Morgan fingerprint density at radius 2 is 2.00 bits per heavy atom. The third kappa shape index (κ3) is 3.98. The summed E-state index contributed by atoms with van der Waals surface area (Å²) in [5.41, 5.74) is 3.31. The van der Waals surface area contributed by atoms with Crippen molar-refractivity contribution in [2.75, 3.05) is 6.61 Å². The molecule has 4 heteroatoms. The third-order valence-corrected chi connectivity index (χ3v) is 4.98. The van der Waals surface area contributed by atoms with Gasteiger partial charge in [0.25, 0.3) is 5.56 Å². The van der Waals surface area contributed by atoms with Gasteiger partial charge in [-0.05, 0) is 60.5 Å². The zero-order valence-corrected chi connectivity index (χ0v) is 16.0. The van der Waals surface area contributed by atoms with Gasteiger partial charge in [0.15, 0.2) is 0 Å². The van der Waals surface area contributed by atoms with Crippen LogP contribution in [0, 0.1) is 23.2 Å². The molecular formula is C24H22N2O2. The van der Waals surface area contributed by atoms with Crippen molar-refractivity contribution in [3.8, 4) is 17.9 Å². The predicted octanol–water partition coefficient (Wildman–Crippen LogP) is 3.46. The van der Waals surface area contributed by atoms with E-state index >= 15 is 0 Å². The fraction of sp³-hybridized carbons (Fsp3) is 0.250. The highest BCUT2D eigenvalue weighted by molar-refractivity contribution is 5.80. The minimum atomic E-state index is -0.752. The van der Waals surface area contributed by atoms with Crippen molar-refractivity contribution in [3.63, 3.8) is 0 Å². The fourth-order valence-electron chi connectivity index (χ4n) is 3.37. The summed E-state index contributed by atoms with van der Waals surface area (Å²) in [7, 11) is 0. The molecule has 0 aliphatic heterocycles. The highest BCUT2D eigenvalue weighted by atomic mass is 16.2. The number of pyridine rings is 1. The van der Waals surface area contributed by atoms with Crippen LogP contribution in [0.3, 0.4) is 0 Å². The van der Waals surface area contributed by atoms with E-state index in [2.05, 4.69) is 22.9 Å². The highest BCUT2D eigenvalue weighted by Gasteiger charge is 2.27. The molecule has 2 N–H and O–H groups in total. The largest absolute Gasteiger partial charge is 0.384 e. The van der Waals surface area contributed by atoms with Crippen molar-refractivity contribution in [1.29, 1.82) is 5.26 Å². The number of nitrogens with one attached hydrogen (secondary N) is 1. The van der Waals surface area contributed by atoms with Crippen LogP contribution >= 0.6 is 0 Å². The fourth-order valence-corrected chi connectivity index (χ4v) is 3.37. The maximum atomic E-state index is 12.2. The van der Waals surface area contributed by atoms with E-state index in [-0.39, 0.29) is 12.2 Å². The molecule has 0 bridgehead atoms. The molecule has 0 aliphatic carbocycles. The molecule has 0 amide bonds. The number of fused-ring (bicyclic) bond motifs is 1. The number of aromatic nitrogens is 1. The summed E-state index contributed by atoms with van der Waals surface area (Å²) in [6, 6.07) is 17.8. The summed E-state index contributed by atoms with van der Waals surface area (Å²) in [4.78, 5) is 15.1. The van der Waals surface area contributed by atoms with Crippen molar-refractivity contribution < 1.29 is 5.11 Å². The average molecular weight is 370 g/mol. The predicted molar refractivity (Wildman–Crippen MR) is 111 cm³/mol. The molecule has 0 aliphatic rings. The smallest absolute Gasteiger partial charge is 0.251 e. The Kier molecular flexibility index (Phi) is 5.64. The Labute approximate surface area is 164 Å². The van der Waals surface area contributed by atoms with Crippen LogP contribution in [0.5, 0.6) is 0 Å². The average Bonchev–Trinajstić information content (AvgIpc) is 2.71. The molecule has 140 valence electrons. The van der Waals surface area contributed by atoms with Crippen LogP contribution in [0.15, 0.2) is 53.3 Å². The van der Waals surface area contributed by atoms with Crippen LogP contribution < -0.4 is 5.56 Å². The van der Waals surface area contributed by atoms with Crippen molar-refractivity contribution >= 4 is 10.9 Å². The van der Waals surface area contributed by atoms with Gasteiger partial charge in [-0.2, -0.15) is 5.26 Å². The molecule has 1 heterocycles. The number of benzene rings is 2. The van der Waals surface area contributed by atoms with Gasteiger partial charge in [0.05, 0.1) is 11.5 Å². The topological polar surface area (TPSA) is 76.9 Å². The maximum Gasteiger partial charge on any atom is 0.251 e. The van der Waals surface area contributed by atoms with Crippen molar-refractivity contribution in [3.05, 3.63) is 81.1 Å². The zero-order valence-electron chi connectivity index (χ0n) is 16.0. The molecule has 0 saturated heterocycles. The highest BCUT2D eigenvalue weighted by Crippen LogP contribution is 2.30. The van der Waals surface area contributed by atoms with Crippen LogP contribution in [-0.2, 0) is 18.3 Å². The SMILES string of the molecule is CCc1cc2ccc([C@](C)(C#N)Cc3cccc(C#CCO)c3)cc2[nH]c1=O. The molecular weight excluding hydrogens is 348 g/mol. The summed E-state index contributed by atoms with van der Waals surface area (Å²) >= 11 is 0. The van der Waals surface area contributed by atoms with Gasteiger partial charge in [-0.3, -0.25) is 4.79 Å². The number of aliphatic hydroxyl groups is 1. The van der Waals surface area contributed by atoms with E-state index in [0.29, 0.717) is 12.8 Å². The van der Waals surface area contributed by atoms with Crippen LogP contribution in [0.2, 0.25) is 0 Å². The van der Waals surface area contributed by atoms with E-state index in [0.717, 1.165) is 33.2 Å². The summed E-state index contributed by atoms with van der Waals surface area (Å²) < 4.78 is 0. The molecule has 0 spiro atoms. The van der Waals surface area contributed by atoms with Gasteiger partial charge >= 0.3 is 0 Å². The lowest BCUT2D eigenvalue weighted by Crippen LogP contribution is -2.23. The second-order valence-electron chi connectivity index (χ2n) is 7.06. The van der Waals surface area contributed by atoms with Crippen LogP contribution in [0.25, 0.3) is 10.9 Å². The van der Waals surface area contributed by atoms with Gasteiger partial charge in [0, 0.05) is 16.6 Å². The van der Waals surface area contributed by atoms with Gasteiger partial charge in [0.1, 0.15) is 6.61 Å². The number of rotatable bonds is 4. The number of nitriles is 1. The number of nitrogens with zero attached hydrogens (tertiary/aromatic N) is 1. The lowest BCUT2D eigenvalue weighted by atomic mass is 9.78. The minimum absolute atomic E-state index is 0.0824. The number of H-pyrrole nitrogens is 1. The van der Waals surface area contributed by atoms with Gasteiger partial charge in [-0.15, -0.1) is 0 Å². The Morgan fingerprint density at radius 1 is 1.18 bits per heavy atom. The number of aromatic amines is 1. The van der Waals surface area contributed by atoms with Gasteiger partial charge in [0.2, 0.25) is 0 Å². The first-order valence-corrected chi connectivity index (χ1v) is 9.25. The van der Waals surface area contributed by atoms with E-state index in [1.165, 1.54) is 0 Å². The number of aliphatic hydroxyl groups excluding tert-OH is 1. The number of hydrogen-bond acceptors (Lipinski definition) is 3. The molecule has 3 aromatic rings. The van der Waals surface area contributed by atoms with E-state index < -0.39 is 5.41 Å². The molecule has 3 rings (SSSR count). The number of hydrogen-bond donors (Lipinski definition) is 2. The van der Waals surface area contributed by atoms with Gasteiger partial charge in [-0.1, -0.05) is 43.0 Å². The Hall–Kier alpha value is -3.34. The molecule has 0 saturated carbocycles. The normalized spacial score (nSPS) is 12.6. The lowest BCUT2D eigenvalue weighted by molar-refractivity contribution is 0.350. The second-order valence-corrected chi connectivity index (χ2v) is 7.06. The molecule has 1 atom stereocenters. The summed E-state index contributed by atoms with van der Waals surface area (Å²) in [5.74, 6) is 5.54. The standard InChI is InChI=1S/C24H22N2O2/c1-3-19-13-20-9-10-21(14-22(20)26-23(19)28)24(2,16-25)15-18-7-4-6-17(12-18)8-5-11-27/h4,6-7,9-10,12-14,27H,3,11,15H2,1-2H3,(H,26,28)/t24-/m0/s1. The van der Waals surface area contributed by atoms with Crippen molar-refractivity contribution in [2.24, 2.45) is 0 Å². The monoisotopic (exact) mass is 370 g/mol. The third-order valence-electron chi connectivity index (χ3n) is 4.98. The van der Waals surface area contributed by atoms with Crippen LogP contribution in [-0.4, -0.2) is 16.7 Å². The molecule has 28 heavy (non-hydrogen) atoms. The summed E-state index contributed by atoms with van der Waals surface area (Å²) in [6.07, 6.45) is 1.19.